The molecule has 1 aromatic carbocycles. The second kappa shape index (κ2) is 12.7. The zero-order valence-electron chi connectivity index (χ0n) is 21.3. The molecule has 194 valence electrons. The number of nitrogens with one attached hydrogen (secondary N) is 3. The summed E-state index contributed by atoms with van der Waals surface area (Å²) in [6.45, 7) is 7.89. The van der Waals surface area contributed by atoms with Crippen LogP contribution < -0.4 is 10.6 Å². The van der Waals surface area contributed by atoms with E-state index in [1.165, 1.54) is 0 Å². The van der Waals surface area contributed by atoms with Crippen molar-refractivity contribution in [3.63, 3.8) is 0 Å². The van der Waals surface area contributed by atoms with Gasteiger partial charge in [-0.15, -0.1) is 0 Å². The maximum atomic E-state index is 13.8. The molecular formula is C26H40N3O5P. The van der Waals surface area contributed by atoms with Gasteiger partial charge in [0.25, 0.3) is 0 Å². The van der Waals surface area contributed by atoms with Gasteiger partial charge in [0.1, 0.15) is 11.8 Å². The third-order valence-corrected chi connectivity index (χ3v) is 8.77. The summed E-state index contributed by atoms with van der Waals surface area (Å²) in [5.74, 6) is -1.19. The maximum absolute atomic E-state index is 13.8. The van der Waals surface area contributed by atoms with E-state index in [1.54, 1.807) is 13.8 Å². The van der Waals surface area contributed by atoms with Crippen LogP contribution in [0.2, 0.25) is 0 Å². The van der Waals surface area contributed by atoms with E-state index in [0.29, 0.717) is 6.42 Å². The van der Waals surface area contributed by atoms with Crippen LogP contribution in [0.25, 0.3) is 10.9 Å². The molecule has 0 bridgehead atoms. The first-order valence-electron chi connectivity index (χ1n) is 12.8. The first-order valence-corrected chi connectivity index (χ1v) is 14.4. The molecule has 2 atom stereocenters. The smallest absolute Gasteiger partial charge is 0.353 e. The molecule has 0 aliphatic heterocycles. The fourth-order valence-corrected chi connectivity index (χ4v) is 6.63. The van der Waals surface area contributed by atoms with Gasteiger partial charge in [-0.05, 0) is 50.7 Å². The summed E-state index contributed by atoms with van der Waals surface area (Å²) in [6, 6.07) is 7.11. The number of benzene rings is 1. The van der Waals surface area contributed by atoms with Gasteiger partial charge in [-0.2, -0.15) is 0 Å². The molecule has 3 rings (SSSR count). The van der Waals surface area contributed by atoms with E-state index < -0.39 is 19.4 Å². The predicted molar refractivity (Wildman–Crippen MR) is 138 cm³/mol. The van der Waals surface area contributed by atoms with Gasteiger partial charge in [-0.1, -0.05) is 44.9 Å². The summed E-state index contributed by atoms with van der Waals surface area (Å²) in [5, 5.41) is 6.91. The summed E-state index contributed by atoms with van der Waals surface area (Å²) >= 11 is 0. The first kappa shape index (κ1) is 27.4. The highest BCUT2D eigenvalue weighted by Crippen LogP contribution is 2.53. The average molecular weight is 506 g/mol. The van der Waals surface area contributed by atoms with Crippen LogP contribution in [0.5, 0.6) is 0 Å². The Balaban J connectivity index is 1.86. The number of para-hydroxylation sites is 1. The second-order valence-electron chi connectivity index (χ2n) is 9.64. The molecule has 1 saturated carbocycles. The Morgan fingerprint density at radius 3 is 2.37 bits per heavy atom. The zero-order chi connectivity index (χ0) is 25.4. The lowest BCUT2D eigenvalue weighted by atomic mass is 10.0. The van der Waals surface area contributed by atoms with Gasteiger partial charge in [-0.25, -0.2) is 0 Å². The summed E-state index contributed by atoms with van der Waals surface area (Å²) in [7, 11) is -3.69. The third-order valence-electron chi connectivity index (χ3n) is 6.46. The molecular weight excluding hydrogens is 465 g/mol. The van der Waals surface area contributed by atoms with Crippen LogP contribution in [0.3, 0.4) is 0 Å². The molecule has 0 radical (unpaired) electrons. The quantitative estimate of drug-likeness (QED) is 0.327. The Kier molecular flexibility index (Phi) is 9.96. The van der Waals surface area contributed by atoms with Crippen LogP contribution in [0, 0.1) is 11.8 Å². The third kappa shape index (κ3) is 7.18. The highest BCUT2D eigenvalue weighted by molar-refractivity contribution is 7.54. The van der Waals surface area contributed by atoms with Crippen molar-refractivity contribution < 1.29 is 23.2 Å². The first-order chi connectivity index (χ1) is 16.8. The second-order valence-corrected chi connectivity index (χ2v) is 11.9. The van der Waals surface area contributed by atoms with Crippen molar-refractivity contribution in [2.24, 2.45) is 11.8 Å². The van der Waals surface area contributed by atoms with Crippen molar-refractivity contribution in [1.82, 2.24) is 15.6 Å². The van der Waals surface area contributed by atoms with Gasteiger partial charge in [0, 0.05) is 29.4 Å². The number of carbonyl (C=O) groups excluding carboxylic acids is 2. The Hall–Kier alpha value is -2.15. The number of rotatable bonds is 13. The van der Waals surface area contributed by atoms with E-state index in [2.05, 4.69) is 15.6 Å². The molecule has 0 unspecified atom stereocenters. The van der Waals surface area contributed by atoms with Gasteiger partial charge < -0.3 is 24.7 Å². The molecule has 2 aromatic rings. The van der Waals surface area contributed by atoms with Gasteiger partial charge in [-0.3, -0.25) is 14.2 Å². The SMILES string of the molecule is CCOP(=O)(OCC)[C@H](Cc1c[nH]c2ccccc12)NC(=O)[C@H](CC(C)C)NC(=O)C1CCCC1. The number of amides is 2. The topological polar surface area (TPSA) is 110 Å². The summed E-state index contributed by atoms with van der Waals surface area (Å²) in [6.07, 6.45) is 6.40. The lowest BCUT2D eigenvalue weighted by Gasteiger charge is -2.29. The number of aromatic amines is 1. The number of H-pyrrole nitrogens is 1. The number of hydrogen-bond acceptors (Lipinski definition) is 5. The fourth-order valence-electron chi connectivity index (χ4n) is 4.77. The van der Waals surface area contributed by atoms with Gasteiger partial charge in [0.05, 0.1) is 13.2 Å². The van der Waals surface area contributed by atoms with Crippen molar-refractivity contribution in [3.8, 4) is 0 Å². The maximum Gasteiger partial charge on any atom is 0.353 e. The summed E-state index contributed by atoms with van der Waals surface area (Å²) in [4.78, 5) is 29.6. The number of aromatic nitrogens is 1. The molecule has 0 saturated heterocycles. The molecule has 35 heavy (non-hydrogen) atoms. The van der Waals surface area contributed by atoms with Gasteiger partial charge >= 0.3 is 7.60 Å². The van der Waals surface area contributed by atoms with Crippen LogP contribution in [0.15, 0.2) is 30.5 Å². The molecule has 9 heteroatoms. The zero-order valence-corrected chi connectivity index (χ0v) is 22.2. The highest BCUT2D eigenvalue weighted by Gasteiger charge is 2.39. The minimum atomic E-state index is -3.69. The molecule has 3 N–H and O–H groups in total. The van der Waals surface area contributed by atoms with Crippen molar-refractivity contribution in [3.05, 3.63) is 36.0 Å². The van der Waals surface area contributed by atoms with Crippen LogP contribution in [-0.2, 0) is 29.6 Å². The number of hydrogen-bond donors (Lipinski definition) is 3. The van der Waals surface area contributed by atoms with E-state index in [4.69, 9.17) is 9.05 Å². The number of carbonyl (C=O) groups is 2. The van der Waals surface area contributed by atoms with Crippen molar-refractivity contribution in [2.75, 3.05) is 13.2 Å². The van der Waals surface area contributed by atoms with Crippen LogP contribution in [0.4, 0.5) is 0 Å². The lowest BCUT2D eigenvalue weighted by molar-refractivity contribution is -0.131. The minimum Gasteiger partial charge on any atom is -0.361 e. The van der Waals surface area contributed by atoms with Crippen LogP contribution in [0.1, 0.15) is 65.4 Å². The Labute approximate surface area is 208 Å². The standard InChI is InChI=1S/C26H40N3O5P/c1-5-33-35(32,34-6-2)24(16-20-17-27-22-14-10-9-13-21(20)22)29-26(31)23(15-18(3)4)28-25(30)19-11-7-8-12-19/h9-10,13-14,17-19,23-24,27H,5-8,11-12,15-16H2,1-4H3,(H,28,30)(H,29,31)/t23-,24+/m0/s1. The summed E-state index contributed by atoms with van der Waals surface area (Å²) < 4.78 is 25.1. The molecule has 1 heterocycles. The monoisotopic (exact) mass is 505 g/mol. The van der Waals surface area contributed by atoms with Crippen LogP contribution in [-0.4, -0.2) is 41.8 Å². The lowest BCUT2D eigenvalue weighted by Crippen LogP contribution is -2.51. The van der Waals surface area contributed by atoms with E-state index >= 15 is 0 Å². The Bertz CT molecular complexity index is 1020. The average Bonchev–Trinajstić information content (AvgIpc) is 3.49. The summed E-state index contributed by atoms with van der Waals surface area (Å²) in [5.41, 5.74) is 1.86. The Morgan fingerprint density at radius 2 is 1.74 bits per heavy atom. The molecule has 0 spiro atoms. The molecule has 8 nitrogen and oxygen atoms in total. The van der Waals surface area contributed by atoms with E-state index in [9.17, 15) is 14.2 Å². The molecule has 1 aromatic heterocycles. The number of fused-ring (bicyclic) bond motifs is 1. The van der Waals surface area contributed by atoms with Crippen LogP contribution >= 0.6 is 7.60 Å². The van der Waals surface area contributed by atoms with Gasteiger partial charge in [0.2, 0.25) is 11.8 Å². The highest BCUT2D eigenvalue weighted by atomic mass is 31.2. The fraction of sp³-hybridized carbons (Fsp3) is 0.615. The van der Waals surface area contributed by atoms with E-state index in [0.717, 1.165) is 42.1 Å². The molecule has 2 amide bonds. The predicted octanol–water partition coefficient (Wildman–Crippen LogP) is 5.14. The van der Waals surface area contributed by atoms with Crippen molar-refractivity contribution >= 4 is 30.3 Å². The largest absolute Gasteiger partial charge is 0.361 e. The Morgan fingerprint density at radius 1 is 1.09 bits per heavy atom. The normalized spacial score (nSPS) is 16.5. The molecule has 1 aliphatic rings. The van der Waals surface area contributed by atoms with E-state index in [-0.39, 0.29) is 43.3 Å². The van der Waals surface area contributed by atoms with Gasteiger partial charge in [0.15, 0.2) is 0 Å². The van der Waals surface area contributed by atoms with E-state index in [1.807, 2.05) is 44.3 Å². The van der Waals surface area contributed by atoms with Crippen molar-refractivity contribution in [1.29, 1.82) is 0 Å². The minimum absolute atomic E-state index is 0.0440. The molecule has 1 fully saturated rings. The molecule has 1 aliphatic carbocycles. The van der Waals surface area contributed by atoms with Crippen molar-refractivity contribution in [2.45, 2.75) is 78.0 Å².